The third kappa shape index (κ3) is 4.21. The Bertz CT molecular complexity index is 964. The Morgan fingerprint density at radius 3 is 2.61 bits per heavy atom. The Kier molecular flexibility index (Phi) is 5.36. The highest BCUT2D eigenvalue weighted by atomic mass is 35.5. The molecule has 0 spiro atoms. The maximum Gasteiger partial charge on any atom is 0.410 e. The quantitative estimate of drug-likeness (QED) is 0.688. The highest BCUT2D eigenvalue weighted by Crippen LogP contribution is 2.26. The second-order valence-corrected chi connectivity index (χ2v) is 7.28. The lowest BCUT2D eigenvalue weighted by Gasteiger charge is -2.34. The van der Waals surface area contributed by atoms with Crippen molar-refractivity contribution in [2.75, 3.05) is 37.6 Å². The van der Waals surface area contributed by atoms with Crippen LogP contribution >= 0.6 is 11.6 Å². The van der Waals surface area contributed by atoms with Crippen molar-refractivity contribution in [1.82, 2.24) is 14.9 Å². The number of ether oxygens (including phenoxy) is 1. The summed E-state index contributed by atoms with van der Waals surface area (Å²) in [7, 11) is 0. The van der Waals surface area contributed by atoms with Gasteiger partial charge in [0.15, 0.2) is 5.75 Å². The Balaban J connectivity index is 1.37. The predicted molar refractivity (Wildman–Crippen MR) is 110 cm³/mol. The third-order valence-electron chi connectivity index (χ3n) is 4.98. The number of anilines is 1. The number of imidazole rings is 1. The number of carbonyl (C=O) groups is 1. The van der Waals surface area contributed by atoms with Gasteiger partial charge in [0.25, 0.3) is 0 Å². The Morgan fingerprint density at radius 2 is 1.89 bits per heavy atom. The summed E-state index contributed by atoms with van der Waals surface area (Å²) >= 11 is 5.94. The Hall–Kier alpha value is -2.77. The third-order valence-corrected chi connectivity index (χ3v) is 5.23. The number of H-pyrrole nitrogens is 1. The van der Waals surface area contributed by atoms with E-state index in [0.717, 1.165) is 55.6 Å². The fourth-order valence-corrected chi connectivity index (χ4v) is 3.58. The average Bonchev–Trinajstić information content (AvgIpc) is 3.13. The van der Waals surface area contributed by atoms with Gasteiger partial charge in [-0.15, -0.1) is 0 Å². The van der Waals surface area contributed by atoms with E-state index in [9.17, 15) is 4.79 Å². The van der Waals surface area contributed by atoms with Crippen LogP contribution in [0.3, 0.4) is 0 Å². The summed E-state index contributed by atoms with van der Waals surface area (Å²) in [6.07, 6.45) is 0.168. The van der Waals surface area contributed by atoms with Crippen LogP contribution < -0.4 is 15.4 Å². The van der Waals surface area contributed by atoms with Crippen molar-refractivity contribution >= 4 is 34.7 Å². The monoisotopic (exact) mass is 399 g/mol. The number of fused-ring (bicyclic) bond motifs is 1. The molecule has 3 N–H and O–H groups in total. The molecule has 28 heavy (non-hydrogen) atoms. The van der Waals surface area contributed by atoms with E-state index < -0.39 is 6.09 Å². The zero-order valence-electron chi connectivity index (χ0n) is 15.4. The van der Waals surface area contributed by atoms with Gasteiger partial charge in [0.05, 0.1) is 5.52 Å². The topological polar surface area (TPSA) is 87.5 Å². The molecule has 3 aromatic rings. The number of hydrogen-bond donors (Lipinski definition) is 2. The van der Waals surface area contributed by atoms with Crippen molar-refractivity contribution in [1.29, 1.82) is 0 Å². The summed E-state index contributed by atoms with van der Waals surface area (Å²) in [4.78, 5) is 23.7. The number of benzene rings is 2. The zero-order valence-corrected chi connectivity index (χ0v) is 16.2. The van der Waals surface area contributed by atoms with Gasteiger partial charge in [-0.05, 0) is 36.2 Å². The lowest BCUT2D eigenvalue weighted by Crippen LogP contribution is -2.47. The largest absolute Gasteiger partial charge is 0.410 e. The lowest BCUT2D eigenvalue weighted by molar-refractivity contribution is 0.211. The van der Waals surface area contributed by atoms with Crippen LogP contribution in [0.2, 0.25) is 5.02 Å². The summed E-state index contributed by atoms with van der Waals surface area (Å²) in [6.45, 7) is 4.72. The molecule has 1 fully saturated rings. The second kappa shape index (κ2) is 8.08. The molecule has 2 aromatic carbocycles. The van der Waals surface area contributed by atoms with Gasteiger partial charge in [0.1, 0.15) is 5.52 Å². The molecule has 4 rings (SSSR count). The van der Waals surface area contributed by atoms with Crippen LogP contribution in [-0.2, 0) is 6.42 Å². The van der Waals surface area contributed by atoms with Crippen molar-refractivity contribution in [3.63, 3.8) is 0 Å². The Morgan fingerprint density at radius 1 is 1.14 bits per heavy atom. The molecule has 1 aromatic heterocycles. The van der Waals surface area contributed by atoms with Gasteiger partial charge in [-0.2, -0.15) is 0 Å². The number of hydrogen-bond acceptors (Lipinski definition) is 5. The first-order valence-corrected chi connectivity index (χ1v) is 9.64. The summed E-state index contributed by atoms with van der Waals surface area (Å²) in [5.41, 5.74) is 7.86. The molecule has 0 unspecified atom stereocenters. The molecule has 1 aliphatic rings. The van der Waals surface area contributed by atoms with Crippen LogP contribution in [0.15, 0.2) is 42.5 Å². The van der Waals surface area contributed by atoms with E-state index in [0.29, 0.717) is 11.3 Å². The van der Waals surface area contributed by atoms with Crippen molar-refractivity contribution in [3.05, 3.63) is 53.1 Å². The van der Waals surface area contributed by atoms with Crippen LogP contribution in [-0.4, -0.2) is 53.7 Å². The number of aromatic nitrogens is 2. The minimum absolute atomic E-state index is 0.370. The van der Waals surface area contributed by atoms with Crippen molar-refractivity contribution in [2.45, 2.75) is 6.42 Å². The number of nitrogens with two attached hydrogens (primary N) is 1. The lowest BCUT2D eigenvalue weighted by atomic mass is 10.1. The summed E-state index contributed by atoms with van der Waals surface area (Å²) in [5.74, 6) is 1.15. The number of nitrogens with zero attached hydrogens (tertiary/aromatic N) is 3. The molecule has 2 heterocycles. The summed E-state index contributed by atoms with van der Waals surface area (Å²) in [5, 5.41) is 0.771. The normalized spacial score (nSPS) is 15.1. The van der Waals surface area contributed by atoms with Gasteiger partial charge < -0.3 is 20.4 Å². The van der Waals surface area contributed by atoms with Gasteiger partial charge in [0, 0.05) is 37.7 Å². The van der Waals surface area contributed by atoms with Crippen LogP contribution in [0.4, 0.5) is 10.7 Å². The standard InChI is InChI=1S/C20H22ClN5O2/c21-15-6-4-14(5-7-15)8-9-25-10-12-26(13-11-25)20-23-16-2-1-3-17(18(16)24-20)28-19(22)27/h1-7H,8-13H2,(H2,22,27)(H,23,24). The Labute approximate surface area is 168 Å². The van der Waals surface area contributed by atoms with Crippen LogP contribution in [0.5, 0.6) is 5.75 Å². The fraction of sp³-hybridized carbons (Fsp3) is 0.300. The predicted octanol–water partition coefficient (Wildman–Crippen LogP) is 3.04. The van der Waals surface area contributed by atoms with E-state index in [1.54, 1.807) is 12.1 Å². The molecule has 1 saturated heterocycles. The van der Waals surface area contributed by atoms with E-state index in [1.165, 1.54) is 5.56 Å². The zero-order chi connectivity index (χ0) is 19.5. The van der Waals surface area contributed by atoms with E-state index >= 15 is 0 Å². The molecule has 8 heteroatoms. The molecular formula is C20H22ClN5O2. The van der Waals surface area contributed by atoms with Gasteiger partial charge in [0.2, 0.25) is 5.95 Å². The number of piperazine rings is 1. The van der Waals surface area contributed by atoms with Gasteiger partial charge in [-0.3, -0.25) is 4.90 Å². The van der Waals surface area contributed by atoms with Gasteiger partial charge in [-0.25, -0.2) is 9.78 Å². The number of aromatic amines is 1. The molecule has 0 radical (unpaired) electrons. The number of carbonyl (C=O) groups excluding carboxylic acids is 1. The van der Waals surface area contributed by atoms with Gasteiger partial charge >= 0.3 is 6.09 Å². The number of amides is 1. The minimum atomic E-state index is -0.841. The molecule has 0 aliphatic carbocycles. The number of nitrogens with one attached hydrogen (secondary N) is 1. The highest BCUT2D eigenvalue weighted by Gasteiger charge is 2.20. The number of rotatable bonds is 5. The number of para-hydroxylation sites is 1. The first-order valence-electron chi connectivity index (χ1n) is 9.26. The SMILES string of the molecule is NC(=O)Oc1cccc2[nH]c(N3CCN(CCc4ccc(Cl)cc4)CC3)nc12. The molecule has 0 atom stereocenters. The molecule has 7 nitrogen and oxygen atoms in total. The van der Waals surface area contributed by atoms with Crippen LogP contribution in [0, 0.1) is 0 Å². The van der Waals surface area contributed by atoms with Crippen molar-refractivity contribution < 1.29 is 9.53 Å². The fourth-order valence-electron chi connectivity index (χ4n) is 3.45. The number of halogens is 1. The van der Waals surface area contributed by atoms with Crippen LogP contribution in [0.1, 0.15) is 5.56 Å². The summed E-state index contributed by atoms with van der Waals surface area (Å²) < 4.78 is 5.05. The average molecular weight is 400 g/mol. The van der Waals surface area contributed by atoms with E-state index in [4.69, 9.17) is 22.1 Å². The molecule has 146 valence electrons. The molecule has 0 saturated carbocycles. The maximum absolute atomic E-state index is 11.1. The summed E-state index contributed by atoms with van der Waals surface area (Å²) in [6, 6.07) is 13.4. The minimum Gasteiger partial charge on any atom is -0.408 e. The first kappa shape index (κ1) is 18.6. The van der Waals surface area contributed by atoms with Crippen molar-refractivity contribution in [2.24, 2.45) is 5.73 Å². The highest BCUT2D eigenvalue weighted by molar-refractivity contribution is 6.30. The smallest absolute Gasteiger partial charge is 0.408 e. The molecular weight excluding hydrogens is 378 g/mol. The van der Waals surface area contributed by atoms with E-state index in [1.807, 2.05) is 18.2 Å². The second-order valence-electron chi connectivity index (χ2n) is 6.84. The first-order chi connectivity index (χ1) is 13.6. The number of primary amides is 1. The van der Waals surface area contributed by atoms with Gasteiger partial charge in [-0.1, -0.05) is 29.8 Å². The van der Waals surface area contributed by atoms with E-state index in [2.05, 4.69) is 31.9 Å². The van der Waals surface area contributed by atoms with E-state index in [-0.39, 0.29) is 0 Å². The molecule has 0 bridgehead atoms. The maximum atomic E-state index is 11.1. The van der Waals surface area contributed by atoms with Crippen molar-refractivity contribution in [3.8, 4) is 5.75 Å². The molecule has 1 amide bonds. The molecule has 1 aliphatic heterocycles. The van der Waals surface area contributed by atoms with Crippen LogP contribution in [0.25, 0.3) is 11.0 Å².